The quantitative estimate of drug-likeness (QED) is 0.802. The van der Waals surface area contributed by atoms with Crippen molar-refractivity contribution in [3.63, 3.8) is 0 Å². The number of ether oxygens (including phenoxy) is 1. The molecule has 3 rings (SSSR count). The normalized spacial score (nSPS) is 10.7. The molecule has 0 saturated carbocycles. The molecule has 1 amide bonds. The Morgan fingerprint density at radius 3 is 2.67 bits per heavy atom. The summed E-state index contributed by atoms with van der Waals surface area (Å²) in [6, 6.07) is 9.64. The van der Waals surface area contributed by atoms with Gasteiger partial charge in [0.2, 0.25) is 0 Å². The van der Waals surface area contributed by atoms with Crippen molar-refractivity contribution < 1.29 is 9.53 Å². The Bertz CT molecular complexity index is 892. The van der Waals surface area contributed by atoms with E-state index >= 15 is 0 Å². The molecule has 6 heteroatoms. The minimum Gasteiger partial charge on any atom is -0.495 e. The number of carbonyl (C=O) groups excluding carboxylic acids is 1. The van der Waals surface area contributed by atoms with Crippen LogP contribution in [0, 0.1) is 13.8 Å². The lowest BCUT2D eigenvalue weighted by atomic mass is 10.2. The number of para-hydroxylation sites is 2. The summed E-state index contributed by atoms with van der Waals surface area (Å²) in [5.41, 5.74) is 4.04. The first-order valence-electron chi connectivity index (χ1n) is 7.63. The fourth-order valence-corrected chi connectivity index (χ4v) is 2.86. The minimum atomic E-state index is -0.155. The zero-order chi connectivity index (χ0) is 17.3. The number of nitrogens with zero attached hydrogens (tertiary/aromatic N) is 3. The van der Waals surface area contributed by atoms with E-state index in [4.69, 9.17) is 4.74 Å². The van der Waals surface area contributed by atoms with Crippen LogP contribution >= 0.6 is 0 Å². The van der Waals surface area contributed by atoms with Crippen molar-refractivity contribution in [1.82, 2.24) is 14.3 Å². The summed E-state index contributed by atoms with van der Waals surface area (Å²) in [7, 11) is 3.45. The smallest absolute Gasteiger partial charge is 0.257 e. The Hall–Kier alpha value is -3.02. The topological polar surface area (TPSA) is 61.1 Å². The zero-order valence-corrected chi connectivity index (χ0v) is 14.2. The van der Waals surface area contributed by atoms with Gasteiger partial charge in [-0.15, -0.1) is 0 Å². The van der Waals surface area contributed by atoms with Crippen LogP contribution in [-0.4, -0.2) is 27.4 Å². The van der Waals surface area contributed by atoms with Crippen LogP contribution in [0.5, 0.6) is 5.75 Å². The molecular weight excluding hydrogens is 304 g/mol. The lowest BCUT2D eigenvalue weighted by molar-refractivity contribution is 0.102. The summed E-state index contributed by atoms with van der Waals surface area (Å²) in [5.74, 6) is 0.607. The van der Waals surface area contributed by atoms with Crippen LogP contribution in [0.4, 0.5) is 5.69 Å². The second-order valence-corrected chi connectivity index (χ2v) is 5.65. The molecule has 0 radical (unpaired) electrons. The Morgan fingerprint density at radius 1 is 1.25 bits per heavy atom. The van der Waals surface area contributed by atoms with E-state index in [9.17, 15) is 4.79 Å². The van der Waals surface area contributed by atoms with Crippen molar-refractivity contribution in [2.45, 2.75) is 13.8 Å². The Labute approximate surface area is 140 Å². The number of aromatic nitrogens is 3. The van der Waals surface area contributed by atoms with Gasteiger partial charge in [0.25, 0.3) is 5.91 Å². The summed E-state index contributed by atoms with van der Waals surface area (Å²) in [6.07, 6.45) is 3.38. The molecule has 0 atom stereocenters. The first-order chi connectivity index (χ1) is 11.5. The predicted octanol–water partition coefficient (Wildman–Crippen LogP) is 3.09. The largest absolute Gasteiger partial charge is 0.495 e. The zero-order valence-electron chi connectivity index (χ0n) is 14.2. The standard InChI is InChI=1S/C18H20N4O2/c1-12-9-15(18(23)20-14-10-19-21(3)11-14)13(2)22(12)16-7-5-6-8-17(16)24-4/h5-11H,1-4H3,(H,20,23). The number of nitrogens with one attached hydrogen (secondary N) is 1. The third-order valence-corrected chi connectivity index (χ3v) is 3.96. The van der Waals surface area contributed by atoms with Gasteiger partial charge in [-0.2, -0.15) is 5.10 Å². The van der Waals surface area contributed by atoms with Gasteiger partial charge < -0.3 is 14.6 Å². The highest BCUT2D eigenvalue weighted by molar-refractivity contribution is 6.05. The molecule has 0 aliphatic heterocycles. The monoisotopic (exact) mass is 324 g/mol. The molecule has 0 fully saturated rings. The maximum Gasteiger partial charge on any atom is 0.257 e. The number of benzene rings is 1. The van der Waals surface area contributed by atoms with E-state index in [0.29, 0.717) is 11.3 Å². The molecule has 124 valence electrons. The van der Waals surface area contributed by atoms with E-state index in [-0.39, 0.29) is 5.91 Å². The molecule has 0 saturated heterocycles. The number of methoxy groups -OCH3 is 1. The van der Waals surface area contributed by atoms with Gasteiger partial charge in [0.15, 0.2) is 0 Å². The van der Waals surface area contributed by atoms with Gasteiger partial charge in [0.1, 0.15) is 5.75 Å². The van der Waals surface area contributed by atoms with Crippen molar-refractivity contribution in [2.75, 3.05) is 12.4 Å². The third kappa shape index (κ3) is 2.78. The molecule has 3 aromatic rings. The van der Waals surface area contributed by atoms with E-state index < -0.39 is 0 Å². The van der Waals surface area contributed by atoms with Crippen LogP contribution in [0.3, 0.4) is 0 Å². The van der Waals surface area contributed by atoms with Crippen molar-refractivity contribution in [3.8, 4) is 11.4 Å². The van der Waals surface area contributed by atoms with Crippen molar-refractivity contribution in [1.29, 1.82) is 0 Å². The SMILES string of the molecule is COc1ccccc1-n1c(C)cc(C(=O)Nc2cnn(C)c2)c1C. The number of anilines is 1. The molecule has 2 heterocycles. The maximum atomic E-state index is 12.6. The number of amides is 1. The number of hydrogen-bond donors (Lipinski definition) is 1. The first kappa shape index (κ1) is 15.9. The molecular formula is C18H20N4O2. The number of carbonyl (C=O) groups is 1. The van der Waals surface area contributed by atoms with E-state index in [2.05, 4.69) is 10.4 Å². The fourth-order valence-electron chi connectivity index (χ4n) is 2.86. The number of hydrogen-bond acceptors (Lipinski definition) is 3. The molecule has 1 aromatic carbocycles. The summed E-state index contributed by atoms with van der Waals surface area (Å²) in [6.45, 7) is 3.90. The molecule has 0 bridgehead atoms. The van der Waals surface area contributed by atoms with E-state index in [0.717, 1.165) is 22.8 Å². The van der Waals surface area contributed by atoms with Gasteiger partial charge in [0.05, 0.1) is 30.2 Å². The highest BCUT2D eigenvalue weighted by Crippen LogP contribution is 2.28. The van der Waals surface area contributed by atoms with Crippen LogP contribution < -0.4 is 10.1 Å². The Kier molecular flexibility index (Phi) is 4.12. The van der Waals surface area contributed by atoms with Gasteiger partial charge in [-0.1, -0.05) is 12.1 Å². The van der Waals surface area contributed by atoms with Gasteiger partial charge in [0, 0.05) is 24.6 Å². The average Bonchev–Trinajstić information content (AvgIpc) is 3.10. The summed E-state index contributed by atoms with van der Waals surface area (Å²) < 4.78 is 9.12. The van der Waals surface area contributed by atoms with Crippen molar-refractivity contribution >= 4 is 11.6 Å². The first-order valence-corrected chi connectivity index (χ1v) is 7.63. The molecule has 6 nitrogen and oxygen atoms in total. The van der Waals surface area contributed by atoms with Gasteiger partial charge >= 0.3 is 0 Å². The Morgan fingerprint density at radius 2 is 2.00 bits per heavy atom. The van der Waals surface area contributed by atoms with Crippen LogP contribution in [0.1, 0.15) is 21.7 Å². The summed E-state index contributed by atoms with van der Waals surface area (Å²) in [5, 5.41) is 6.93. The van der Waals surface area contributed by atoms with E-state index in [1.165, 1.54) is 0 Å². The van der Waals surface area contributed by atoms with Crippen LogP contribution in [0.2, 0.25) is 0 Å². The average molecular weight is 324 g/mol. The molecule has 0 unspecified atom stereocenters. The number of rotatable bonds is 4. The summed E-state index contributed by atoms with van der Waals surface area (Å²) in [4.78, 5) is 12.6. The molecule has 24 heavy (non-hydrogen) atoms. The minimum absolute atomic E-state index is 0.155. The lowest BCUT2D eigenvalue weighted by Gasteiger charge is -2.13. The summed E-state index contributed by atoms with van der Waals surface area (Å²) >= 11 is 0. The second kappa shape index (κ2) is 6.23. The highest BCUT2D eigenvalue weighted by atomic mass is 16.5. The van der Waals surface area contributed by atoms with E-state index in [1.54, 1.807) is 24.2 Å². The van der Waals surface area contributed by atoms with E-state index in [1.807, 2.05) is 55.8 Å². The number of aryl methyl sites for hydroxylation is 2. The predicted molar refractivity (Wildman–Crippen MR) is 93.0 cm³/mol. The molecule has 0 aliphatic rings. The van der Waals surface area contributed by atoms with Crippen molar-refractivity contribution in [3.05, 3.63) is 59.7 Å². The fraction of sp³-hybridized carbons (Fsp3) is 0.222. The van der Waals surface area contributed by atoms with Crippen LogP contribution in [0.25, 0.3) is 5.69 Å². The molecule has 0 aliphatic carbocycles. The maximum absolute atomic E-state index is 12.6. The van der Waals surface area contributed by atoms with Gasteiger partial charge in [-0.05, 0) is 32.0 Å². The van der Waals surface area contributed by atoms with Crippen LogP contribution in [-0.2, 0) is 7.05 Å². The second-order valence-electron chi connectivity index (χ2n) is 5.65. The van der Waals surface area contributed by atoms with Crippen molar-refractivity contribution in [2.24, 2.45) is 7.05 Å². The van der Waals surface area contributed by atoms with Gasteiger partial charge in [-0.3, -0.25) is 9.48 Å². The lowest BCUT2D eigenvalue weighted by Crippen LogP contribution is -2.12. The van der Waals surface area contributed by atoms with Crippen LogP contribution in [0.15, 0.2) is 42.7 Å². The van der Waals surface area contributed by atoms with Gasteiger partial charge in [-0.25, -0.2) is 0 Å². The molecule has 0 spiro atoms. The molecule has 2 aromatic heterocycles. The highest BCUT2D eigenvalue weighted by Gasteiger charge is 2.18. The Balaban J connectivity index is 1.99. The third-order valence-electron chi connectivity index (χ3n) is 3.96. The molecule has 1 N–H and O–H groups in total.